The number of rotatable bonds is 7. The normalized spacial score (nSPS) is 14.5. The molecule has 0 aliphatic heterocycles. The van der Waals surface area contributed by atoms with Crippen LogP contribution in [0.2, 0.25) is 0 Å². The summed E-state index contributed by atoms with van der Waals surface area (Å²) >= 11 is 0.482. The van der Waals surface area contributed by atoms with Gasteiger partial charge in [0.1, 0.15) is 16.6 Å². The zero-order chi connectivity index (χ0) is 20.5. The summed E-state index contributed by atoms with van der Waals surface area (Å²) in [7, 11) is 3.66. The number of hydrogen-bond acceptors (Lipinski definition) is 6. The van der Waals surface area contributed by atoms with Crippen molar-refractivity contribution in [3.8, 4) is 21.8 Å². The standard InChI is InChI=1S/C21H24N4O2S2/c1-13-24-12-17(25(13)2)16-10-15(21-23-5-7-28-21)9-14-11-18(20(22)19(14)16)29(26)8-4-6-27-3/h5,7,9-10,12H,4,6,8,11,22H2,1-3H3. The van der Waals surface area contributed by atoms with Gasteiger partial charge in [-0.25, -0.2) is 9.97 Å². The number of benzene rings is 1. The van der Waals surface area contributed by atoms with Gasteiger partial charge in [-0.05, 0) is 35.8 Å². The van der Waals surface area contributed by atoms with Crippen molar-refractivity contribution in [1.82, 2.24) is 14.5 Å². The van der Waals surface area contributed by atoms with Crippen molar-refractivity contribution in [3.05, 3.63) is 51.8 Å². The van der Waals surface area contributed by atoms with Crippen LogP contribution >= 0.6 is 11.3 Å². The number of imidazole rings is 1. The maximum atomic E-state index is 12.9. The van der Waals surface area contributed by atoms with Crippen LogP contribution in [0.15, 0.2) is 34.8 Å². The first kappa shape index (κ1) is 20.2. The number of nitrogens with two attached hydrogens (primary N) is 1. The van der Waals surface area contributed by atoms with E-state index < -0.39 is 11.2 Å². The third-order valence-electron chi connectivity index (χ3n) is 5.27. The highest BCUT2D eigenvalue weighted by Crippen LogP contribution is 2.42. The van der Waals surface area contributed by atoms with Crippen molar-refractivity contribution in [2.75, 3.05) is 19.5 Å². The number of hydrogen-bond donors (Lipinski definition) is 1. The number of fused-ring (bicyclic) bond motifs is 1. The Labute approximate surface area is 177 Å². The van der Waals surface area contributed by atoms with Gasteiger partial charge >= 0.3 is 0 Å². The molecule has 8 heteroatoms. The van der Waals surface area contributed by atoms with Gasteiger partial charge in [-0.1, -0.05) is 0 Å². The van der Waals surface area contributed by atoms with E-state index in [0.29, 0.717) is 24.5 Å². The lowest BCUT2D eigenvalue weighted by atomic mass is 9.96. The van der Waals surface area contributed by atoms with Crippen LogP contribution in [0, 0.1) is 6.92 Å². The Bertz CT molecular complexity index is 1060. The lowest BCUT2D eigenvalue weighted by Gasteiger charge is -2.13. The predicted octanol–water partition coefficient (Wildman–Crippen LogP) is 3.49. The molecule has 29 heavy (non-hydrogen) atoms. The summed E-state index contributed by atoms with van der Waals surface area (Å²) in [4.78, 5) is 9.75. The van der Waals surface area contributed by atoms with Crippen molar-refractivity contribution in [2.45, 2.75) is 19.8 Å². The number of aromatic nitrogens is 3. The summed E-state index contributed by atoms with van der Waals surface area (Å²) in [5, 5.41) is 2.93. The van der Waals surface area contributed by atoms with Gasteiger partial charge in [0.15, 0.2) is 4.91 Å². The first-order valence-corrected chi connectivity index (χ1v) is 11.6. The minimum Gasteiger partial charge on any atom is -0.612 e. The van der Waals surface area contributed by atoms with Crippen LogP contribution in [0.1, 0.15) is 23.4 Å². The molecule has 2 heterocycles. The van der Waals surface area contributed by atoms with Crippen molar-refractivity contribution in [3.63, 3.8) is 0 Å². The van der Waals surface area contributed by atoms with Crippen molar-refractivity contribution < 1.29 is 9.29 Å². The minimum absolute atomic E-state index is 0.553. The SMILES string of the molecule is COCCC[S+]([O-])C1=C(N)c2c(cc(-c3nccs3)cc2-c2cnc(C)n2C)C1. The molecule has 1 atom stereocenters. The van der Waals surface area contributed by atoms with E-state index in [-0.39, 0.29) is 0 Å². The lowest BCUT2D eigenvalue weighted by molar-refractivity contribution is 0.199. The third-order valence-corrected chi connectivity index (χ3v) is 7.66. The summed E-state index contributed by atoms with van der Waals surface area (Å²) in [6.45, 7) is 2.57. The molecule has 1 aliphatic rings. The smallest absolute Gasteiger partial charge is 0.157 e. The van der Waals surface area contributed by atoms with Crippen LogP contribution in [-0.4, -0.2) is 38.6 Å². The molecule has 2 aromatic heterocycles. The molecule has 2 N–H and O–H groups in total. The molecule has 0 radical (unpaired) electrons. The van der Waals surface area contributed by atoms with Gasteiger partial charge in [0.05, 0.1) is 24.2 Å². The molecule has 0 amide bonds. The summed E-state index contributed by atoms with van der Waals surface area (Å²) < 4.78 is 20.1. The summed E-state index contributed by atoms with van der Waals surface area (Å²) in [6, 6.07) is 4.25. The molecule has 0 fully saturated rings. The largest absolute Gasteiger partial charge is 0.612 e. The van der Waals surface area contributed by atoms with E-state index in [1.807, 2.05) is 31.7 Å². The van der Waals surface area contributed by atoms with E-state index in [1.54, 1.807) is 18.4 Å². The van der Waals surface area contributed by atoms with Crippen LogP contribution in [0.3, 0.4) is 0 Å². The Kier molecular flexibility index (Phi) is 5.78. The van der Waals surface area contributed by atoms with Crippen LogP contribution in [-0.2, 0) is 29.4 Å². The average molecular weight is 429 g/mol. The Morgan fingerprint density at radius 2 is 2.17 bits per heavy atom. The second-order valence-electron chi connectivity index (χ2n) is 7.05. The molecule has 0 bridgehead atoms. The van der Waals surface area contributed by atoms with E-state index in [4.69, 9.17) is 10.5 Å². The topological polar surface area (TPSA) is 89.0 Å². The van der Waals surface area contributed by atoms with Crippen LogP contribution in [0.4, 0.5) is 0 Å². The molecule has 1 unspecified atom stereocenters. The first-order chi connectivity index (χ1) is 14.0. The highest BCUT2D eigenvalue weighted by atomic mass is 32.2. The highest BCUT2D eigenvalue weighted by Gasteiger charge is 2.32. The lowest BCUT2D eigenvalue weighted by Crippen LogP contribution is -2.14. The molecule has 152 valence electrons. The Morgan fingerprint density at radius 3 is 2.83 bits per heavy atom. The molecule has 0 spiro atoms. The van der Waals surface area contributed by atoms with Gasteiger partial charge in [-0.3, -0.25) is 0 Å². The third kappa shape index (κ3) is 3.73. The van der Waals surface area contributed by atoms with Crippen LogP contribution in [0.25, 0.3) is 27.5 Å². The molecular weight excluding hydrogens is 404 g/mol. The van der Waals surface area contributed by atoms with Crippen molar-refractivity contribution in [2.24, 2.45) is 12.8 Å². The predicted molar refractivity (Wildman–Crippen MR) is 119 cm³/mol. The van der Waals surface area contributed by atoms with E-state index in [2.05, 4.69) is 26.7 Å². The molecule has 0 saturated heterocycles. The molecule has 4 rings (SSSR count). The monoisotopic (exact) mass is 428 g/mol. The van der Waals surface area contributed by atoms with Crippen LogP contribution in [0.5, 0.6) is 0 Å². The second-order valence-corrected chi connectivity index (χ2v) is 9.54. The fraction of sp³-hybridized carbons (Fsp3) is 0.333. The molecule has 1 aromatic carbocycles. The fourth-order valence-electron chi connectivity index (χ4n) is 3.67. The Balaban J connectivity index is 1.81. The van der Waals surface area contributed by atoms with Gasteiger partial charge in [0.25, 0.3) is 0 Å². The number of ether oxygens (including phenoxy) is 1. The van der Waals surface area contributed by atoms with Gasteiger partial charge in [0, 0.05) is 55.3 Å². The second kappa shape index (κ2) is 8.31. The zero-order valence-electron chi connectivity index (χ0n) is 16.8. The van der Waals surface area contributed by atoms with E-state index in [1.165, 1.54) is 0 Å². The van der Waals surface area contributed by atoms with E-state index >= 15 is 0 Å². The molecular formula is C21H24N4O2S2. The Morgan fingerprint density at radius 1 is 1.34 bits per heavy atom. The minimum atomic E-state index is -1.12. The quantitative estimate of drug-likeness (QED) is 0.460. The van der Waals surface area contributed by atoms with Gasteiger partial charge in [-0.15, -0.1) is 11.3 Å². The zero-order valence-corrected chi connectivity index (χ0v) is 18.4. The highest BCUT2D eigenvalue weighted by molar-refractivity contribution is 7.95. The summed E-state index contributed by atoms with van der Waals surface area (Å²) in [6.07, 6.45) is 5.03. The number of nitrogens with zero attached hydrogens (tertiary/aromatic N) is 3. The molecule has 3 aromatic rings. The number of methoxy groups -OCH3 is 1. The van der Waals surface area contributed by atoms with Gasteiger partial charge in [-0.2, -0.15) is 0 Å². The van der Waals surface area contributed by atoms with Crippen molar-refractivity contribution >= 4 is 28.2 Å². The van der Waals surface area contributed by atoms with E-state index in [0.717, 1.165) is 50.1 Å². The number of aryl methyl sites for hydroxylation is 1. The number of thiazole rings is 1. The fourth-order valence-corrected chi connectivity index (χ4v) is 5.59. The Hall–Kier alpha value is -2.13. The van der Waals surface area contributed by atoms with E-state index in [9.17, 15) is 4.55 Å². The first-order valence-electron chi connectivity index (χ1n) is 9.43. The maximum absolute atomic E-state index is 12.9. The van der Waals surface area contributed by atoms with Crippen LogP contribution < -0.4 is 5.73 Å². The molecule has 6 nitrogen and oxygen atoms in total. The summed E-state index contributed by atoms with van der Waals surface area (Å²) in [5.41, 5.74) is 12.3. The number of allylic oxidation sites excluding steroid dienone is 1. The maximum Gasteiger partial charge on any atom is 0.157 e. The molecule has 0 saturated carbocycles. The van der Waals surface area contributed by atoms with Crippen molar-refractivity contribution in [1.29, 1.82) is 0 Å². The molecule has 1 aliphatic carbocycles. The summed E-state index contributed by atoms with van der Waals surface area (Å²) in [5.74, 6) is 1.48. The van der Waals surface area contributed by atoms with Gasteiger partial charge < -0.3 is 19.6 Å². The average Bonchev–Trinajstić information content (AvgIpc) is 3.43. The van der Waals surface area contributed by atoms with Gasteiger partial charge in [0.2, 0.25) is 0 Å².